The Morgan fingerprint density at radius 1 is 1.59 bits per heavy atom. The first-order chi connectivity index (χ1) is 7.97. The first-order valence-electron chi connectivity index (χ1n) is 5.05. The monoisotopic (exact) mass is 258 g/mol. The highest BCUT2D eigenvalue weighted by Gasteiger charge is 2.21. The summed E-state index contributed by atoms with van der Waals surface area (Å²) in [4.78, 5) is 14.0. The Balaban J connectivity index is 2.99. The number of aliphatic hydroxyl groups is 2. The van der Waals surface area contributed by atoms with Gasteiger partial charge in [-0.25, -0.2) is 0 Å². The Labute approximate surface area is 104 Å². The summed E-state index contributed by atoms with van der Waals surface area (Å²) < 4.78 is 0. The van der Waals surface area contributed by atoms with E-state index in [1.54, 1.807) is 0 Å². The van der Waals surface area contributed by atoms with Gasteiger partial charge < -0.3 is 10.2 Å². The first-order valence-corrected chi connectivity index (χ1v) is 5.68. The van der Waals surface area contributed by atoms with E-state index in [9.17, 15) is 20.3 Å². The highest BCUT2D eigenvalue weighted by molar-refractivity contribution is 7.80. The predicted octanol–water partition coefficient (Wildman–Crippen LogP) is 1.01. The average molecular weight is 258 g/mol. The van der Waals surface area contributed by atoms with Crippen LogP contribution in [0, 0.1) is 17.0 Å². The zero-order valence-electron chi connectivity index (χ0n) is 9.28. The molecular formula is C10H14N2O4S. The number of nitrogens with zero attached hydrogens (tertiary/aromatic N) is 2. The summed E-state index contributed by atoms with van der Waals surface area (Å²) in [5.74, 6) is 0.416. The number of aliphatic hydroxyl groups excluding tert-OH is 2. The summed E-state index contributed by atoms with van der Waals surface area (Å²) in [6.45, 7) is 1.51. The Morgan fingerprint density at radius 2 is 2.24 bits per heavy atom. The van der Waals surface area contributed by atoms with Crippen molar-refractivity contribution in [2.24, 2.45) is 0 Å². The van der Waals surface area contributed by atoms with Gasteiger partial charge in [0, 0.05) is 17.8 Å². The van der Waals surface area contributed by atoms with E-state index in [0.717, 1.165) is 0 Å². The maximum Gasteiger partial charge on any atom is 0.290 e. The van der Waals surface area contributed by atoms with Crippen LogP contribution in [0.15, 0.2) is 12.3 Å². The summed E-state index contributed by atoms with van der Waals surface area (Å²) >= 11 is 3.94. The van der Waals surface area contributed by atoms with E-state index < -0.39 is 17.1 Å². The van der Waals surface area contributed by atoms with E-state index in [4.69, 9.17) is 0 Å². The van der Waals surface area contributed by atoms with Crippen LogP contribution >= 0.6 is 12.6 Å². The summed E-state index contributed by atoms with van der Waals surface area (Å²) in [6.07, 6.45) is -0.564. The van der Waals surface area contributed by atoms with Gasteiger partial charge in [0.25, 0.3) is 5.69 Å². The topological polar surface area (TPSA) is 96.5 Å². The van der Waals surface area contributed by atoms with E-state index in [-0.39, 0.29) is 16.9 Å². The quantitative estimate of drug-likeness (QED) is 0.416. The molecule has 0 radical (unpaired) electrons. The predicted molar refractivity (Wildman–Crippen MR) is 65.1 cm³/mol. The number of rotatable bonds is 5. The van der Waals surface area contributed by atoms with E-state index in [1.807, 2.05) is 0 Å². The van der Waals surface area contributed by atoms with Gasteiger partial charge >= 0.3 is 0 Å². The number of pyridine rings is 1. The van der Waals surface area contributed by atoms with E-state index in [2.05, 4.69) is 17.6 Å². The summed E-state index contributed by atoms with van der Waals surface area (Å²) in [6, 6.07) is 1.23. The van der Waals surface area contributed by atoms with Crippen molar-refractivity contribution in [2.45, 2.75) is 25.6 Å². The highest BCUT2D eigenvalue weighted by atomic mass is 32.1. The van der Waals surface area contributed by atoms with Gasteiger partial charge in [-0.3, -0.25) is 15.1 Å². The van der Waals surface area contributed by atoms with Gasteiger partial charge in [-0.1, -0.05) is 0 Å². The lowest BCUT2D eigenvalue weighted by Crippen LogP contribution is -2.19. The van der Waals surface area contributed by atoms with Gasteiger partial charge in [0.1, 0.15) is 11.8 Å². The van der Waals surface area contributed by atoms with Crippen molar-refractivity contribution < 1.29 is 15.1 Å². The Hall–Kier alpha value is -1.18. The van der Waals surface area contributed by atoms with E-state index in [0.29, 0.717) is 12.2 Å². The van der Waals surface area contributed by atoms with Crippen LogP contribution in [0.1, 0.15) is 23.8 Å². The molecule has 0 aliphatic heterocycles. The molecule has 0 saturated heterocycles. The molecule has 1 aromatic heterocycles. The van der Waals surface area contributed by atoms with Crippen LogP contribution in [0.25, 0.3) is 0 Å². The molecule has 17 heavy (non-hydrogen) atoms. The molecule has 0 fully saturated rings. The lowest BCUT2D eigenvalue weighted by molar-refractivity contribution is -0.385. The van der Waals surface area contributed by atoms with Crippen LogP contribution in [0.5, 0.6) is 0 Å². The molecule has 7 heteroatoms. The molecule has 6 nitrogen and oxygen atoms in total. The summed E-state index contributed by atoms with van der Waals surface area (Å²) in [5.41, 5.74) is 0.339. The molecule has 0 aromatic carbocycles. The molecule has 94 valence electrons. The standard InChI is InChI=1S/C10H14N2O4S/c1-6-8(12(15)16)4-7(5-11-6)10(14)9(13)2-3-17/h4-5,9-10,13-14,17H,2-3H2,1H3. The Kier molecular flexibility index (Phi) is 4.86. The average Bonchev–Trinajstić information content (AvgIpc) is 2.28. The zero-order chi connectivity index (χ0) is 13.0. The third-order valence-electron chi connectivity index (χ3n) is 2.41. The van der Waals surface area contributed by atoms with Crippen molar-refractivity contribution in [1.29, 1.82) is 0 Å². The molecular weight excluding hydrogens is 244 g/mol. The number of thiol groups is 1. The van der Waals surface area contributed by atoms with Gasteiger partial charge in [0.05, 0.1) is 11.0 Å². The fourth-order valence-electron chi connectivity index (χ4n) is 1.40. The molecule has 1 aromatic rings. The maximum absolute atomic E-state index is 10.7. The minimum absolute atomic E-state index is 0.167. The molecule has 0 spiro atoms. The van der Waals surface area contributed by atoms with Crippen molar-refractivity contribution in [3.63, 3.8) is 0 Å². The molecule has 0 bridgehead atoms. The van der Waals surface area contributed by atoms with Crippen molar-refractivity contribution in [3.8, 4) is 0 Å². The van der Waals surface area contributed by atoms with Crippen molar-refractivity contribution in [1.82, 2.24) is 4.98 Å². The van der Waals surface area contributed by atoms with E-state index >= 15 is 0 Å². The zero-order valence-corrected chi connectivity index (χ0v) is 10.2. The van der Waals surface area contributed by atoms with Gasteiger partial charge in [0.2, 0.25) is 0 Å². The molecule has 0 saturated carbocycles. The largest absolute Gasteiger partial charge is 0.390 e. The molecule has 2 atom stereocenters. The van der Waals surface area contributed by atoms with Crippen LogP contribution in [-0.2, 0) is 0 Å². The van der Waals surface area contributed by atoms with Crippen LogP contribution in [-0.4, -0.2) is 32.0 Å². The molecule has 0 aliphatic carbocycles. The van der Waals surface area contributed by atoms with Crippen LogP contribution in [0.3, 0.4) is 0 Å². The second kappa shape index (κ2) is 5.95. The number of aromatic nitrogens is 1. The molecule has 1 heterocycles. The number of nitro groups is 1. The molecule has 0 amide bonds. The Morgan fingerprint density at radius 3 is 2.76 bits per heavy atom. The minimum Gasteiger partial charge on any atom is -0.390 e. The third-order valence-corrected chi connectivity index (χ3v) is 2.67. The second-order valence-electron chi connectivity index (χ2n) is 3.65. The van der Waals surface area contributed by atoms with Gasteiger partial charge in [0.15, 0.2) is 0 Å². The van der Waals surface area contributed by atoms with Crippen LogP contribution in [0.2, 0.25) is 0 Å². The number of aryl methyl sites for hydroxylation is 1. The molecule has 1 rings (SSSR count). The highest BCUT2D eigenvalue weighted by Crippen LogP contribution is 2.24. The third kappa shape index (κ3) is 3.39. The lowest BCUT2D eigenvalue weighted by atomic mass is 10.0. The van der Waals surface area contributed by atoms with Gasteiger partial charge in [-0.15, -0.1) is 0 Å². The van der Waals surface area contributed by atoms with Crippen molar-refractivity contribution in [2.75, 3.05) is 5.75 Å². The van der Waals surface area contributed by atoms with Gasteiger partial charge in [-0.2, -0.15) is 12.6 Å². The van der Waals surface area contributed by atoms with Crippen LogP contribution in [0.4, 0.5) is 5.69 Å². The summed E-state index contributed by atoms with van der Waals surface area (Å²) in [5, 5.41) is 30.0. The summed E-state index contributed by atoms with van der Waals surface area (Å²) in [7, 11) is 0. The number of hydrogen-bond acceptors (Lipinski definition) is 6. The van der Waals surface area contributed by atoms with Crippen molar-refractivity contribution in [3.05, 3.63) is 33.6 Å². The van der Waals surface area contributed by atoms with E-state index in [1.165, 1.54) is 19.2 Å². The molecule has 2 unspecified atom stereocenters. The lowest BCUT2D eigenvalue weighted by Gasteiger charge is -2.16. The van der Waals surface area contributed by atoms with Crippen LogP contribution < -0.4 is 0 Å². The maximum atomic E-state index is 10.7. The number of hydrogen-bond donors (Lipinski definition) is 3. The first kappa shape index (κ1) is 13.9. The smallest absolute Gasteiger partial charge is 0.290 e. The van der Waals surface area contributed by atoms with Crippen molar-refractivity contribution >= 4 is 18.3 Å². The fourth-order valence-corrected chi connectivity index (χ4v) is 1.66. The molecule has 2 N–H and O–H groups in total. The Bertz CT molecular complexity index is 413. The SMILES string of the molecule is Cc1ncc(C(O)C(O)CCS)cc1[N+](=O)[O-]. The van der Waals surface area contributed by atoms with Gasteiger partial charge in [-0.05, 0) is 19.1 Å². The fraction of sp³-hybridized carbons (Fsp3) is 0.500. The second-order valence-corrected chi connectivity index (χ2v) is 4.10. The normalized spacial score (nSPS) is 14.4. The minimum atomic E-state index is -1.19. The molecule has 0 aliphatic rings.